The molecule has 0 aromatic carbocycles. The van der Waals surface area contributed by atoms with Crippen molar-refractivity contribution in [1.29, 1.82) is 0 Å². The first kappa shape index (κ1) is 14.6. The molecule has 0 atom stereocenters. The number of nitrogens with zero attached hydrogens (tertiary/aromatic N) is 1. The highest BCUT2D eigenvalue weighted by atomic mass is 35.5. The van der Waals surface area contributed by atoms with E-state index in [-0.39, 0.29) is 37.0 Å². The fraction of sp³-hybridized carbons (Fsp3) is 0.364. The Morgan fingerprint density at radius 1 is 1.38 bits per heavy atom. The van der Waals surface area contributed by atoms with Crippen LogP contribution in [0.2, 0.25) is 0 Å². The summed E-state index contributed by atoms with van der Waals surface area (Å²) in [4.78, 5) is 26.3. The number of aromatic nitrogens is 1. The smallest absolute Gasteiger partial charge is 0.306 e. The molecule has 0 N–H and O–H groups in total. The lowest BCUT2D eigenvalue weighted by molar-refractivity contribution is -0.143. The van der Waals surface area contributed by atoms with Crippen molar-refractivity contribution in [1.82, 2.24) is 4.98 Å². The molecule has 4 nitrogen and oxygen atoms in total. The Balaban J connectivity index is 0.00000225. The first-order valence-corrected chi connectivity index (χ1v) is 4.83. The van der Waals surface area contributed by atoms with E-state index in [9.17, 15) is 9.59 Å². The number of ketones is 1. The number of ether oxygens (including phenoxy) is 1. The second-order valence-corrected chi connectivity index (χ2v) is 2.97. The molecule has 0 unspecified atom stereocenters. The molecular formula is C11H14ClNO3. The van der Waals surface area contributed by atoms with Gasteiger partial charge in [-0.2, -0.15) is 0 Å². The second-order valence-electron chi connectivity index (χ2n) is 2.97. The van der Waals surface area contributed by atoms with Crippen LogP contribution in [0.25, 0.3) is 0 Å². The highest BCUT2D eigenvalue weighted by molar-refractivity contribution is 5.97. The molecule has 0 fully saturated rings. The van der Waals surface area contributed by atoms with Gasteiger partial charge in [-0.1, -0.05) is 0 Å². The van der Waals surface area contributed by atoms with E-state index in [4.69, 9.17) is 4.74 Å². The van der Waals surface area contributed by atoms with E-state index in [1.54, 1.807) is 25.3 Å². The number of carbonyl (C=O) groups excluding carboxylic acids is 2. The quantitative estimate of drug-likeness (QED) is 0.587. The number of esters is 1. The molecule has 0 aliphatic rings. The average molecular weight is 244 g/mol. The van der Waals surface area contributed by atoms with Crippen LogP contribution in [0.1, 0.15) is 30.1 Å². The number of pyridine rings is 1. The van der Waals surface area contributed by atoms with Crippen molar-refractivity contribution in [3.63, 3.8) is 0 Å². The number of carbonyl (C=O) groups is 2. The highest BCUT2D eigenvalue weighted by Gasteiger charge is 2.09. The van der Waals surface area contributed by atoms with Gasteiger partial charge in [-0.05, 0) is 19.1 Å². The summed E-state index contributed by atoms with van der Waals surface area (Å²) in [5, 5.41) is 0. The molecule has 0 bridgehead atoms. The molecule has 0 saturated heterocycles. The van der Waals surface area contributed by atoms with Crippen LogP contribution in [0.4, 0.5) is 0 Å². The molecule has 0 spiro atoms. The van der Waals surface area contributed by atoms with E-state index in [1.807, 2.05) is 0 Å². The van der Waals surface area contributed by atoms with E-state index >= 15 is 0 Å². The maximum Gasteiger partial charge on any atom is 0.306 e. The van der Waals surface area contributed by atoms with Crippen molar-refractivity contribution in [2.45, 2.75) is 19.8 Å². The zero-order valence-electron chi connectivity index (χ0n) is 9.01. The summed E-state index contributed by atoms with van der Waals surface area (Å²) in [7, 11) is 0. The van der Waals surface area contributed by atoms with E-state index in [0.29, 0.717) is 12.2 Å². The van der Waals surface area contributed by atoms with Gasteiger partial charge in [0.1, 0.15) is 0 Å². The predicted octanol–water partition coefficient (Wildman–Crippen LogP) is 2.03. The topological polar surface area (TPSA) is 56.3 Å². The fourth-order valence-corrected chi connectivity index (χ4v) is 1.12. The Kier molecular flexibility index (Phi) is 7.12. The number of Topliss-reactive ketones (excluding diaryl/α,β-unsaturated/α-hetero) is 1. The van der Waals surface area contributed by atoms with E-state index in [2.05, 4.69) is 4.98 Å². The molecule has 0 saturated carbocycles. The van der Waals surface area contributed by atoms with E-state index in [0.717, 1.165) is 0 Å². The molecule has 1 heterocycles. The monoisotopic (exact) mass is 243 g/mol. The molecule has 5 heteroatoms. The summed E-state index contributed by atoms with van der Waals surface area (Å²) < 4.78 is 4.72. The van der Waals surface area contributed by atoms with Gasteiger partial charge < -0.3 is 4.74 Å². The summed E-state index contributed by atoms with van der Waals surface area (Å²) in [6, 6.07) is 3.37. The summed E-state index contributed by atoms with van der Waals surface area (Å²) in [6.07, 6.45) is 3.39. The minimum atomic E-state index is -0.338. The first-order chi connectivity index (χ1) is 7.24. The van der Waals surface area contributed by atoms with Crippen LogP contribution < -0.4 is 0 Å². The van der Waals surface area contributed by atoms with Crippen molar-refractivity contribution < 1.29 is 14.3 Å². The SMILES string of the molecule is CCOC(=O)CCC(=O)c1cccnc1.Cl. The Morgan fingerprint density at radius 2 is 2.12 bits per heavy atom. The van der Waals surface area contributed by atoms with Crippen LogP contribution in [0.5, 0.6) is 0 Å². The molecule has 1 rings (SSSR count). The third kappa shape index (κ3) is 4.89. The molecule has 88 valence electrons. The van der Waals surface area contributed by atoms with Crippen LogP contribution in [0.3, 0.4) is 0 Å². The van der Waals surface area contributed by atoms with Crippen LogP contribution in [-0.2, 0) is 9.53 Å². The lowest BCUT2D eigenvalue weighted by atomic mass is 10.1. The molecule has 0 aliphatic carbocycles. The van der Waals surface area contributed by atoms with Crippen LogP contribution in [0, 0.1) is 0 Å². The Bertz CT molecular complexity index is 340. The number of hydrogen-bond donors (Lipinski definition) is 0. The van der Waals surface area contributed by atoms with Gasteiger partial charge in [0.2, 0.25) is 0 Å². The number of hydrogen-bond acceptors (Lipinski definition) is 4. The van der Waals surface area contributed by atoms with E-state index in [1.165, 1.54) is 6.20 Å². The van der Waals surface area contributed by atoms with Gasteiger partial charge in [-0.15, -0.1) is 12.4 Å². The normalized spacial score (nSPS) is 9.06. The number of rotatable bonds is 5. The Labute approximate surface area is 100 Å². The minimum Gasteiger partial charge on any atom is -0.466 e. The van der Waals surface area contributed by atoms with Gasteiger partial charge in [-0.25, -0.2) is 0 Å². The van der Waals surface area contributed by atoms with Crippen molar-refractivity contribution in [3.8, 4) is 0 Å². The van der Waals surface area contributed by atoms with Gasteiger partial charge in [0, 0.05) is 24.4 Å². The standard InChI is InChI=1S/C11H13NO3.ClH/c1-2-15-11(14)6-5-10(13)9-4-3-7-12-8-9;/h3-4,7-8H,2,5-6H2,1H3;1H. The Morgan fingerprint density at radius 3 is 2.69 bits per heavy atom. The van der Waals surface area contributed by atoms with Crippen molar-refractivity contribution in [2.75, 3.05) is 6.61 Å². The lowest BCUT2D eigenvalue weighted by Crippen LogP contribution is -2.08. The molecule has 0 aliphatic heterocycles. The van der Waals surface area contributed by atoms with Gasteiger partial charge in [0.15, 0.2) is 5.78 Å². The van der Waals surface area contributed by atoms with E-state index < -0.39 is 0 Å². The summed E-state index contributed by atoms with van der Waals surface area (Å²) in [5.74, 6) is -0.425. The fourth-order valence-electron chi connectivity index (χ4n) is 1.12. The summed E-state index contributed by atoms with van der Waals surface area (Å²) >= 11 is 0. The zero-order chi connectivity index (χ0) is 11.1. The van der Waals surface area contributed by atoms with Gasteiger partial charge >= 0.3 is 5.97 Å². The van der Waals surface area contributed by atoms with Crippen LogP contribution >= 0.6 is 12.4 Å². The molecule has 0 radical (unpaired) electrons. The molecule has 0 amide bonds. The van der Waals surface area contributed by atoms with Gasteiger partial charge in [0.25, 0.3) is 0 Å². The van der Waals surface area contributed by atoms with Crippen molar-refractivity contribution in [3.05, 3.63) is 30.1 Å². The lowest BCUT2D eigenvalue weighted by Gasteiger charge is -2.01. The van der Waals surface area contributed by atoms with Crippen LogP contribution in [0.15, 0.2) is 24.5 Å². The molecule has 1 aromatic rings. The minimum absolute atomic E-state index is 0. The van der Waals surface area contributed by atoms with Crippen molar-refractivity contribution >= 4 is 24.2 Å². The average Bonchev–Trinajstić information content (AvgIpc) is 2.27. The van der Waals surface area contributed by atoms with Gasteiger partial charge in [-0.3, -0.25) is 14.6 Å². The second kappa shape index (κ2) is 7.82. The predicted molar refractivity (Wildman–Crippen MR) is 61.7 cm³/mol. The largest absolute Gasteiger partial charge is 0.466 e. The van der Waals surface area contributed by atoms with Crippen molar-refractivity contribution in [2.24, 2.45) is 0 Å². The third-order valence-corrected chi connectivity index (χ3v) is 1.85. The summed E-state index contributed by atoms with van der Waals surface area (Å²) in [6.45, 7) is 2.08. The first-order valence-electron chi connectivity index (χ1n) is 4.83. The van der Waals surface area contributed by atoms with Gasteiger partial charge in [0.05, 0.1) is 13.0 Å². The number of halogens is 1. The molecular weight excluding hydrogens is 230 g/mol. The Hall–Kier alpha value is -1.42. The third-order valence-electron chi connectivity index (χ3n) is 1.85. The molecule has 1 aromatic heterocycles. The zero-order valence-corrected chi connectivity index (χ0v) is 9.83. The molecule has 16 heavy (non-hydrogen) atoms. The maximum absolute atomic E-state index is 11.5. The maximum atomic E-state index is 11.5. The summed E-state index contributed by atoms with van der Waals surface area (Å²) in [5.41, 5.74) is 0.529. The van der Waals surface area contributed by atoms with Crippen LogP contribution in [-0.4, -0.2) is 23.3 Å². The highest BCUT2D eigenvalue weighted by Crippen LogP contribution is 2.04.